The number of hydrogen-bond acceptors (Lipinski definition) is 4. The van der Waals surface area contributed by atoms with Crippen LogP contribution in [0.3, 0.4) is 0 Å². The van der Waals surface area contributed by atoms with E-state index in [1.165, 1.54) is 21.5 Å². The summed E-state index contributed by atoms with van der Waals surface area (Å²) in [5.41, 5.74) is 9.45. The van der Waals surface area contributed by atoms with Crippen LogP contribution in [0.5, 0.6) is 0 Å². The third-order valence-electron chi connectivity index (χ3n) is 9.18. The summed E-state index contributed by atoms with van der Waals surface area (Å²) in [5, 5.41) is 4.87. The van der Waals surface area contributed by atoms with Gasteiger partial charge in [0, 0.05) is 37.5 Å². The molecular weight excluding hydrogens is 619 g/mol. The van der Waals surface area contributed by atoms with Gasteiger partial charge in [-0.3, -0.25) is 4.98 Å². The molecule has 2 aromatic heterocycles. The minimum absolute atomic E-state index is 0. The summed E-state index contributed by atoms with van der Waals surface area (Å²) >= 11 is 0. The Hall–Kier alpha value is -6.72. The quantitative estimate of drug-likeness (QED) is 0.133. The molecule has 0 bridgehead atoms. The molecule has 0 aliphatic rings. The molecule has 9 aromatic rings. The zero-order chi connectivity index (χ0) is 33.3. The second kappa shape index (κ2) is 13.7. The SMILES string of the molecule is [B].c1ccc(-c2nc(-c3ccccc3)nc(-c3cc(-c4ccc(-c5cccnc5)cc4)cc(-c4cc5ccccc5c5ccccc45)c3)n2)cc1. The van der Waals surface area contributed by atoms with Crippen molar-refractivity contribution in [2.75, 3.05) is 0 Å². The van der Waals surface area contributed by atoms with Crippen LogP contribution in [0.25, 0.3) is 89.1 Å². The normalized spacial score (nSPS) is 11.0. The first kappa shape index (κ1) is 31.5. The first-order chi connectivity index (χ1) is 24.8. The Morgan fingerprint density at radius 2 is 0.804 bits per heavy atom. The Morgan fingerprint density at radius 1 is 0.314 bits per heavy atom. The molecule has 0 amide bonds. The van der Waals surface area contributed by atoms with Crippen molar-refractivity contribution in [1.29, 1.82) is 0 Å². The highest BCUT2D eigenvalue weighted by Crippen LogP contribution is 2.39. The summed E-state index contributed by atoms with van der Waals surface area (Å²) in [6.07, 6.45) is 3.70. The number of nitrogens with zero attached hydrogens (tertiary/aromatic N) is 4. The molecular formula is C46H30BN4. The fourth-order valence-electron chi connectivity index (χ4n) is 6.70. The van der Waals surface area contributed by atoms with Gasteiger partial charge in [-0.15, -0.1) is 0 Å². The average Bonchev–Trinajstić information content (AvgIpc) is 3.21. The molecule has 0 aliphatic heterocycles. The molecule has 0 aliphatic carbocycles. The molecule has 0 saturated heterocycles. The van der Waals surface area contributed by atoms with E-state index in [-0.39, 0.29) is 8.41 Å². The second-order valence-corrected chi connectivity index (χ2v) is 12.3. The fraction of sp³-hybridized carbons (Fsp3) is 0. The number of rotatable bonds is 6. The largest absolute Gasteiger partial charge is 0.264 e. The van der Waals surface area contributed by atoms with Gasteiger partial charge in [0.25, 0.3) is 0 Å². The lowest BCUT2D eigenvalue weighted by atomic mass is 9.90. The number of hydrogen-bond donors (Lipinski definition) is 0. The maximum atomic E-state index is 5.11. The van der Waals surface area contributed by atoms with Crippen LogP contribution < -0.4 is 0 Å². The molecule has 0 unspecified atom stereocenters. The Morgan fingerprint density at radius 3 is 1.43 bits per heavy atom. The molecule has 3 radical (unpaired) electrons. The van der Waals surface area contributed by atoms with Crippen LogP contribution in [-0.4, -0.2) is 28.3 Å². The van der Waals surface area contributed by atoms with Gasteiger partial charge in [0.05, 0.1) is 0 Å². The number of benzene rings is 7. The van der Waals surface area contributed by atoms with E-state index in [1.807, 2.05) is 72.9 Å². The molecule has 5 heteroatoms. The third kappa shape index (κ3) is 6.18. The van der Waals surface area contributed by atoms with Gasteiger partial charge in [0.15, 0.2) is 17.5 Å². The molecule has 0 N–H and O–H groups in total. The molecule has 0 spiro atoms. The van der Waals surface area contributed by atoms with Crippen molar-refractivity contribution in [2.24, 2.45) is 0 Å². The first-order valence-corrected chi connectivity index (χ1v) is 16.7. The van der Waals surface area contributed by atoms with Gasteiger partial charge in [-0.2, -0.15) is 0 Å². The smallest absolute Gasteiger partial charge is 0.164 e. The van der Waals surface area contributed by atoms with Gasteiger partial charge in [-0.25, -0.2) is 15.0 Å². The van der Waals surface area contributed by atoms with Crippen LogP contribution in [0.1, 0.15) is 0 Å². The molecule has 237 valence electrons. The van der Waals surface area contributed by atoms with E-state index in [9.17, 15) is 0 Å². The highest BCUT2D eigenvalue weighted by Gasteiger charge is 2.16. The summed E-state index contributed by atoms with van der Waals surface area (Å²) in [5.74, 6) is 1.90. The predicted octanol–water partition coefficient (Wildman–Crippen LogP) is 11.2. The van der Waals surface area contributed by atoms with Crippen molar-refractivity contribution in [1.82, 2.24) is 19.9 Å². The van der Waals surface area contributed by atoms with Crippen molar-refractivity contribution >= 4 is 30.0 Å². The van der Waals surface area contributed by atoms with Crippen LogP contribution in [0.4, 0.5) is 0 Å². The second-order valence-electron chi connectivity index (χ2n) is 12.3. The van der Waals surface area contributed by atoms with E-state index in [1.54, 1.807) is 6.20 Å². The molecule has 0 saturated carbocycles. The number of aromatic nitrogens is 4. The Balaban J connectivity index is 0.00000374. The summed E-state index contributed by atoms with van der Waals surface area (Å²) in [6, 6.07) is 59.3. The van der Waals surface area contributed by atoms with Crippen molar-refractivity contribution in [3.05, 3.63) is 182 Å². The van der Waals surface area contributed by atoms with Gasteiger partial charge in [-0.05, 0) is 85.3 Å². The molecule has 0 atom stereocenters. The molecule has 9 rings (SSSR count). The predicted molar refractivity (Wildman–Crippen MR) is 211 cm³/mol. The van der Waals surface area contributed by atoms with Crippen molar-refractivity contribution < 1.29 is 0 Å². The third-order valence-corrected chi connectivity index (χ3v) is 9.18. The average molecular weight is 650 g/mol. The molecule has 0 fully saturated rings. The molecule has 4 nitrogen and oxygen atoms in total. The summed E-state index contributed by atoms with van der Waals surface area (Å²) in [7, 11) is 0. The van der Waals surface area contributed by atoms with Crippen LogP contribution in [0.15, 0.2) is 182 Å². The van der Waals surface area contributed by atoms with Crippen LogP contribution in [0, 0.1) is 0 Å². The molecule has 2 heterocycles. The van der Waals surface area contributed by atoms with E-state index in [2.05, 4.69) is 108 Å². The lowest BCUT2D eigenvalue weighted by Crippen LogP contribution is -2.00. The highest BCUT2D eigenvalue weighted by atomic mass is 15.0. The fourth-order valence-corrected chi connectivity index (χ4v) is 6.70. The van der Waals surface area contributed by atoms with Crippen molar-refractivity contribution in [3.8, 4) is 67.5 Å². The zero-order valence-corrected chi connectivity index (χ0v) is 27.7. The minimum Gasteiger partial charge on any atom is -0.264 e. The van der Waals surface area contributed by atoms with Crippen LogP contribution in [0.2, 0.25) is 0 Å². The molecule has 7 aromatic carbocycles. The van der Waals surface area contributed by atoms with Gasteiger partial charge < -0.3 is 0 Å². The van der Waals surface area contributed by atoms with E-state index >= 15 is 0 Å². The first-order valence-electron chi connectivity index (χ1n) is 16.7. The van der Waals surface area contributed by atoms with Crippen molar-refractivity contribution in [2.45, 2.75) is 0 Å². The van der Waals surface area contributed by atoms with E-state index < -0.39 is 0 Å². The lowest BCUT2D eigenvalue weighted by Gasteiger charge is -2.15. The Labute approximate surface area is 298 Å². The van der Waals surface area contributed by atoms with Gasteiger partial charge in [0.1, 0.15) is 0 Å². The maximum Gasteiger partial charge on any atom is 0.164 e. The Kier molecular flexibility index (Phi) is 8.45. The van der Waals surface area contributed by atoms with Gasteiger partial charge in [-0.1, -0.05) is 140 Å². The van der Waals surface area contributed by atoms with E-state index in [4.69, 9.17) is 15.0 Å². The molecule has 51 heavy (non-hydrogen) atoms. The summed E-state index contributed by atoms with van der Waals surface area (Å²) in [6.45, 7) is 0. The topological polar surface area (TPSA) is 51.6 Å². The van der Waals surface area contributed by atoms with Gasteiger partial charge in [0.2, 0.25) is 0 Å². The minimum atomic E-state index is 0. The number of fused-ring (bicyclic) bond motifs is 3. The van der Waals surface area contributed by atoms with Crippen LogP contribution in [-0.2, 0) is 0 Å². The standard InChI is InChI=1S/C46H30N4.B/c1-3-12-33(13-4-1)44-48-45(34-14-5-2-6-15-34)50-46(49-44)39-27-37(32-23-21-31(22-24-32)36-17-11-25-47-30-36)26-38(28-39)43-29-35-16-7-8-18-40(35)41-19-9-10-20-42(41)43;/h1-30H;. The monoisotopic (exact) mass is 649 g/mol. The van der Waals surface area contributed by atoms with E-state index in [0.717, 1.165) is 50.1 Å². The number of pyridine rings is 1. The van der Waals surface area contributed by atoms with E-state index in [0.29, 0.717) is 17.5 Å². The van der Waals surface area contributed by atoms with Crippen LogP contribution >= 0.6 is 0 Å². The maximum absolute atomic E-state index is 5.11. The summed E-state index contributed by atoms with van der Waals surface area (Å²) in [4.78, 5) is 19.5. The zero-order valence-electron chi connectivity index (χ0n) is 27.7. The van der Waals surface area contributed by atoms with Crippen molar-refractivity contribution in [3.63, 3.8) is 0 Å². The highest BCUT2D eigenvalue weighted by molar-refractivity contribution is 6.14. The lowest BCUT2D eigenvalue weighted by molar-refractivity contribution is 1.07. The Bertz CT molecular complexity index is 2570. The summed E-state index contributed by atoms with van der Waals surface area (Å²) < 4.78 is 0. The van der Waals surface area contributed by atoms with Gasteiger partial charge >= 0.3 is 0 Å².